The minimum atomic E-state index is -0.734. The molecule has 12 nitrogen and oxygen atoms in total. The standard InChI is InChI=1S/C27H32N4O8/c1-36-21-9-5-4-8-19(21)29-25(33)16-31-20-14-23(38-3)22(37-2)13-18(20)26(34)30(27(31)35)11-10-24(32)28-15-17-7-6-12-39-17/h4-5,8-9,13-14,17H,6-7,10-12,15-16H2,1-3H3,(H,28,32)(H,29,33). The number of nitrogens with one attached hydrogen (secondary N) is 2. The van der Waals surface area contributed by atoms with E-state index in [2.05, 4.69) is 10.6 Å². The van der Waals surface area contributed by atoms with E-state index in [1.807, 2.05) is 0 Å². The quantitative estimate of drug-likeness (QED) is 0.373. The summed E-state index contributed by atoms with van der Waals surface area (Å²) in [4.78, 5) is 52.5. The molecule has 1 saturated heterocycles. The third kappa shape index (κ3) is 6.23. The lowest BCUT2D eigenvalue weighted by Crippen LogP contribution is -2.43. The highest BCUT2D eigenvalue weighted by molar-refractivity contribution is 5.93. The number of rotatable bonds is 11. The fourth-order valence-corrected chi connectivity index (χ4v) is 4.51. The SMILES string of the molecule is COc1ccccc1NC(=O)Cn1c(=O)n(CCC(=O)NCC2CCCO2)c(=O)c2cc(OC)c(OC)cc21. The molecule has 2 N–H and O–H groups in total. The Morgan fingerprint density at radius 3 is 2.38 bits per heavy atom. The van der Waals surface area contributed by atoms with Gasteiger partial charge in [0.1, 0.15) is 12.3 Å². The van der Waals surface area contributed by atoms with Crippen LogP contribution in [0.4, 0.5) is 5.69 Å². The van der Waals surface area contributed by atoms with Gasteiger partial charge in [-0.3, -0.25) is 23.5 Å². The molecular formula is C27H32N4O8. The van der Waals surface area contributed by atoms with Gasteiger partial charge in [-0.1, -0.05) is 12.1 Å². The summed E-state index contributed by atoms with van der Waals surface area (Å²) in [6.07, 6.45) is 1.69. The summed E-state index contributed by atoms with van der Waals surface area (Å²) < 4.78 is 23.6. The number of carbonyl (C=O) groups excluding carboxylic acids is 2. The number of para-hydroxylation sites is 2. The Kier molecular flexibility index (Phi) is 8.87. The molecular weight excluding hydrogens is 508 g/mol. The number of amides is 2. The van der Waals surface area contributed by atoms with E-state index in [0.29, 0.717) is 24.6 Å². The van der Waals surface area contributed by atoms with Crippen LogP contribution >= 0.6 is 0 Å². The van der Waals surface area contributed by atoms with Crippen LogP contribution in [-0.4, -0.2) is 61.5 Å². The third-order valence-electron chi connectivity index (χ3n) is 6.53. The highest BCUT2D eigenvalue weighted by Crippen LogP contribution is 2.30. The van der Waals surface area contributed by atoms with E-state index < -0.39 is 23.7 Å². The monoisotopic (exact) mass is 540 g/mol. The smallest absolute Gasteiger partial charge is 0.331 e. The summed E-state index contributed by atoms with van der Waals surface area (Å²) in [6, 6.07) is 9.80. The van der Waals surface area contributed by atoms with Crippen LogP contribution in [0, 0.1) is 0 Å². The lowest BCUT2D eigenvalue weighted by molar-refractivity contribution is -0.122. The number of methoxy groups -OCH3 is 3. The zero-order valence-corrected chi connectivity index (χ0v) is 22.2. The molecule has 0 aliphatic carbocycles. The molecule has 0 bridgehead atoms. The van der Waals surface area contributed by atoms with E-state index in [1.165, 1.54) is 38.0 Å². The molecule has 39 heavy (non-hydrogen) atoms. The van der Waals surface area contributed by atoms with Gasteiger partial charge in [0.25, 0.3) is 5.56 Å². The molecule has 1 aliphatic heterocycles. The lowest BCUT2D eigenvalue weighted by atomic mass is 10.2. The van der Waals surface area contributed by atoms with Crippen molar-refractivity contribution in [2.24, 2.45) is 0 Å². The molecule has 208 valence electrons. The Hall–Kier alpha value is -4.32. The van der Waals surface area contributed by atoms with Gasteiger partial charge in [-0.05, 0) is 31.0 Å². The molecule has 1 fully saturated rings. The van der Waals surface area contributed by atoms with E-state index in [1.54, 1.807) is 24.3 Å². The maximum Gasteiger partial charge on any atom is 0.331 e. The number of hydrogen-bond donors (Lipinski definition) is 2. The summed E-state index contributed by atoms with van der Waals surface area (Å²) in [7, 11) is 4.34. The highest BCUT2D eigenvalue weighted by atomic mass is 16.5. The van der Waals surface area contributed by atoms with E-state index in [9.17, 15) is 19.2 Å². The van der Waals surface area contributed by atoms with Gasteiger partial charge in [0.05, 0.1) is 44.0 Å². The highest BCUT2D eigenvalue weighted by Gasteiger charge is 2.21. The van der Waals surface area contributed by atoms with Crippen molar-refractivity contribution in [3.63, 3.8) is 0 Å². The summed E-state index contributed by atoms with van der Waals surface area (Å²) >= 11 is 0. The van der Waals surface area contributed by atoms with Crippen LogP contribution in [-0.2, 0) is 27.4 Å². The van der Waals surface area contributed by atoms with Crippen molar-refractivity contribution >= 4 is 28.4 Å². The van der Waals surface area contributed by atoms with Crippen LogP contribution in [0.5, 0.6) is 17.2 Å². The van der Waals surface area contributed by atoms with Crippen molar-refractivity contribution in [1.29, 1.82) is 0 Å². The van der Waals surface area contributed by atoms with Crippen molar-refractivity contribution in [3.05, 3.63) is 57.2 Å². The molecule has 2 heterocycles. The molecule has 1 aliphatic rings. The molecule has 0 saturated carbocycles. The second-order valence-corrected chi connectivity index (χ2v) is 8.99. The number of aromatic nitrogens is 2. The number of nitrogens with zero attached hydrogens (tertiary/aromatic N) is 2. The first kappa shape index (κ1) is 27.7. The first-order chi connectivity index (χ1) is 18.9. The normalized spacial score (nSPS) is 14.7. The van der Waals surface area contributed by atoms with Gasteiger partial charge in [-0.25, -0.2) is 4.79 Å². The molecule has 0 radical (unpaired) electrons. The van der Waals surface area contributed by atoms with E-state index in [0.717, 1.165) is 17.4 Å². The van der Waals surface area contributed by atoms with Gasteiger partial charge >= 0.3 is 5.69 Å². The van der Waals surface area contributed by atoms with Crippen molar-refractivity contribution in [1.82, 2.24) is 14.5 Å². The molecule has 4 rings (SSSR count). The van der Waals surface area contributed by atoms with Gasteiger partial charge in [0.2, 0.25) is 11.8 Å². The fourth-order valence-electron chi connectivity index (χ4n) is 4.51. The molecule has 1 atom stereocenters. The van der Waals surface area contributed by atoms with E-state index >= 15 is 0 Å². The van der Waals surface area contributed by atoms with Gasteiger partial charge in [-0.15, -0.1) is 0 Å². The Morgan fingerprint density at radius 2 is 1.69 bits per heavy atom. The topological polar surface area (TPSA) is 139 Å². The van der Waals surface area contributed by atoms with Crippen LogP contribution in [0.1, 0.15) is 19.3 Å². The number of ether oxygens (including phenoxy) is 4. The van der Waals surface area contributed by atoms with E-state index in [-0.39, 0.29) is 47.4 Å². The summed E-state index contributed by atoms with van der Waals surface area (Å²) in [5.74, 6) is 0.191. The largest absolute Gasteiger partial charge is 0.495 e. The van der Waals surface area contributed by atoms with Gasteiger partial charge in [0, 0.05) is 32.2 Å². The first-order valence-corrected chi connectivity index (χ1v) is 12.6. The average Bonchev–Trinajstić information content (AvgIpc) is 3.47. The van der Waals surface area contributed by atoms with Crippen LogP contribution in [0.25, 0.3) is 10.9 Å². The lowest BCUT2D eigenvalue weighted by Gasteiger charge is -2.17. The Labute approximate surface area is 224 Å². The van der Waals surface area contributed by atoms with Crippen molar-refractivity contribution < 1.29 is 28.5 Å². The summed E-state index contributed by atoms with van der Waals surface area (Å²) in [6.45, 7) is 0.461. The van der Waals surface area contributed by atoms with Gasteiger partial charge < -0.3 is 29.6 Å². The maximum atomic E-state index is 13.5. The van der Waals surface area contributed by atoms with Crippen LogP contribution < -0.4 is 36.1 Å². The molecule has 3 aromatic rings. The molecule has 2 amide bonds. The molecule has 2 aromatic carbocycles. The average molecular weight is 541 g/mol. The Balaban J connectivity index is 1.67. The number of benzene rings is 2. The minimum Gasteiger partial charge on any atom is -0.495 e. The second-order valence-electron chi connectivity index (χ2n) is 8.99. The van der Waals surface area contributed by atoms with Crippen molar-refractivity contribution in [3.8, 4) is 17.2 Å². The Morgan fingerprint density at radius 1 is 0.974 bits per heavy atom. The number of hydrogen-bond acceptors (Lipinski definition) is 8. The zero-order chi connectivity index (χ0) is 27.9. The second kappa shape index (κ2) is 12.5. The zero-order valence-electron chi connectivity index (χ0n) is 22.2. The molecule has 12 heteroatoms. The van der Waals surface area contributed by atoms with E-state index in [4.69, 9.17) is 18.9 Å². The number of fused-ring (bicyclic) bond motifs is 1. The molecule has 1 unspecified atom stereocenters. The Bertz CT molecular complexity index is 1470. The third-order valence-corrected chi connectivity index (χ3v) is 6.53. The summed E-state index contributed by atoms with van der Waals surface area (Å²) in [5.41, 5.74) is -0.721. The van der Waals surface area contributed by atoms with Crippen LogP contribution in [0.15, 0.2) is 46.0 Å². The van der Waals surface area contributed by atoms with Gasteiger partial charge in [-0.2, -0.15) is 0 Å². The number of carbonyl (C=O) groups is 2. The van der Waals surface area contributed by atoms with Crippen LogP contribution in [0.2, 0.25) is 0 Å². The minimum absolute atomic E-state index is 0.0289. The van der Waals surface area contributed by atoms with Crippen LogP contribution in [0.3, 0.4) is 0 Å². The molecule has 0 spiro atoms. The van der Waals surface area contributed by atoms with Crippen molar-refractivity contribution in [2.45, 2.75) is 38.5 Å². The van der Waals surface area contributed by atoms with Crippen molar-refractivity contribution in [2.75, 3.05) is 39.8 Å². The van der Waals surface area contributed by atoms with Gasteiger partial charge in [0.15, 0.2) is 11.5 Å². The molecule has 1 aromatic heterocycles. The number of anilines is 1. The fraction of sp³-hybridized carbons (Fsp3) is 0.407. The maximum absolute atomic E-state index is 13.5. The first-order valence-electron chi connectivity index (χ1n) is 12.6. The predicted molar refractivity (Wildman–Crippen MR) is 144 cm³/mol. The predicted octanol–water partition coefficient (Wildman–Crippen LogP) is 1.51. The summed E-state index contributed by atoms with van der Waals surface area (Å²) in [5, 5.41) is 5.66.